The molecule has 0 saturated carbocycles. The zero-order valence-corrected chi connectivity index (χ0v) is 18.5. The Bertz CT molecular complexity index is 925. The van der Waals surface area contributed by atoms with E-state index in [1.807, 2.05) is 6.07 Å². The number of hydrogen-bond acceptors (Lipinski definition) is 4. The Hall–Kier alpha value is -2.10. The molecular formula is C25H30N3OP. The van der Waals surface area contributed by atoms with Crippen LogP contribution in [0.2, 0.25) is 0 Å². The molecule has 1 saturated heterocycles. The van der Waals surface area contributed by atoms with Gasteiger partial charge in [-0.1, -0.05) is 66.2 Å². The molecule has 30 heavy (non-hydrogen) atoms. The number of rotatable bonds is 8. The van der Waals surface area contributed by atoms with Gasteiger partial charge in [-0.05, 0) is 37.9 Å². The lowest BCUT2D eigenvalue weighted by atomic mass is 9.98. The maximum atomic E-state index is 5.78. The summed E-state index contributed by atoms with van der Waals surface area (Å²) in [5, 5.41) is 7.03. The first-order valence-corrected chi connectivity index (χ1v) is 12.2. The van der Waals surface area contributed by atoms with Crippen molar-refractivity contribution in [2.45, 2.75) is 26.3 Å². The average molecular weight is 420 g/mol. The molecule has 2 N–H and O–H groups in total. The van der Waals surface area contributed by atoms with Gasteiger partial charge in [-0.3, -0.25) is 10.1 Å². The Morgan fingerprint density at radius 1 is 1.00 bits per heavy atom. The summed E-state index contributed by atoms with van der Waals surface area (Å²) in [4.78, 5) is 5.03. The molecular weight excluding hydrogens is 389 g/mol. The van der Waals surface area contributed by atoms with E-state index in [0.29, 0.717) is 0 Å². The van der Waals surface area contributed by atoms with Gasteiger partial charge in [-0.2, -0.15) is 0 Å². The zero-order valence-electron chi connectivity index (χ0n) is 17.6. The quantitative estimate of drug-likeness (QED) is 0.373. The van der Waals surface area contributed by atoms with Crippen molar-refractivity contribution < 1.29 is 4.52 Å². The van der Waals surface area contributed by atoms with Crippen LogP contribution in [0.25, 0.3) is 22.4 Å². The van der Waals surface area contributed by atoms with Gasteiger partial charge in [0, 0.05) is 30.4 Å². The van der Waals surface area contributed by atoms with Gasteiger partial charge in [-0.25, -0.2) is 0 Å². The first kappa shape index (κ1) is 21.1. The van der Waals surface area contributed by atoms with Crippen molar-refractivity contribution in [3.05, 3.63) is 78.0 Å². The van der Waals surface area contributed by atoms with Crippen LogP contribution in [0.4, 0.5) is 0 Å². The van der Waals surface area contributed by atoms with Crippen LogP contribution in [0.3, 0.4) is 0 Å². The highest BCUT2D eigenvalue weighted by atomic mass is 31.2. The number of aromatic nitrogens is 1. The van der Waals surface area contributed by atoms with Gasteiger partial charge < -0.3 is 9.84 Å². The van der Waals surface area contributed by atoms with E-state index in [9.17, 15) is 0 Å². The van der Waals surface area contributed by atoms with Gasteiger partial charge in [0.05, 0.1) is 18.0 Å². The minimum Gasteiger partial charge on any atom is -0.344 e. The molecule has 0 bridgehead atoms. The van der Waals surface area contributed by atoms with E-state index in [0.717, 1.165) is 62.2 Å². The lowest BCUT2D eigenvalue weighted by Crippen LogP contribution is -2.22. The molecule has 1 atom stereocenters. The first-order valence-electron chi connectivity index (χ1n) is 10.8. The van der Waals surface area contributed by atoms with Crippen LogP contribution >= 0.6 is 8.30 Å². The molecule has 4 nitrogen and oxygen atoms in total. The van der Waals surface area contributed by atoms with Crippen molar-refractivity contribution in [1.82, 2.24) is 15.4 Å². The third kappa shape index (κ3) is 5.74. The molecule has 0 radical (unpaired) electrons. The van der Waals surface area contributed by atoms with Crippen LogP contribution in [-0.4, -0.2) is 30.8 Å². The number of nitrogens with zero attached hydrogens (tertiary/aromatic N) is 1. The fraction of sp³-hybridized carbons (Fsp3) is 0.320. The fourth-order valence-electron chi connectivity index (χ4n) is 3.58. The highest BCUT2D eigenvalue weighted by Crippen LogP contribution is 2.35. The third-order valence-corrected chi connectivity index (χ3v) is 7.03. The normalized spacial score (nSPS) is 16.5. The summed E-state index contributed by atoms with van der Waals surface area (Å²) in [5.41, 5.74) is 6.91. The Morgan fingerprint density at radius 3 is 2.60 bits per heavy atom. The molecule has 1 aromatic heterocycles. The van der Waals surface area contributed by atoms with E-state index in [-0.39, 0.29) is 0 Å². The molecule has 0 spiro atoms. The summed E-state index contributed by atoms with van der Waals surface area (Å²) in [6.07, 6.45) is 3.36. The van der Waals surface area contributed by atoms with Crippen molar-refractivity contribution in [3.63, 3.8) is 0 Å². The second-order valence-electron chi connectivity index (χ2n) is 7.66. The molecule has 0 amide bonds. The van der Waals surface area contributed by atoms with Crippen molar-refractivity contribution in [3.8, 4) is 22.4 Å². The van der Waals surface area contributed by atoms with Crippen molar-refractivity contribution in [1.29, 1.82) is 0 Å². The van der Waals surface area contributed by atoms with Crippen LogP contribution in [0.5, 0.6) is 0 Å². The monoisotopic (exact) mass is 419 g/mol. The molecule has 5 heteroatoms. The highest BCUT2D eigenvalue weighted by molar-refractivity contribution is 7.50. The van der Waals surface area contributed by atoms with E-state index in [4.69, 9.17) is 9.51 Å². The molecule has 4 rings (SSSR count). The van der Waals surface area contributed by atoms with Crippen LogP contribution in [-0.2, 0) is 11.1 Å². The topological polar surface area (TPSA) is 46.2 Å². The molecule has 3 aromatic rings. The summed E-state index contributed by atoms with van der Waals surface area (Å²) >= 11 is 0. The van der Waals surface area contributed by atoms with Crippen LogP contribution in [0.15, 0.2) is 66.7 Å². The van der Waals surface area contributed by atoms with Crippen molar-refractivity contribution in [2.24, 2.45) is 0 Å². The number of nitrogens with one attached hydrogen (secondary N) is 2. The number of pyridine rings is 1. The van der Waals surface area contributed by atoms with E-state index < -0.39 is 8.30 Å². The molecule has 1 aliphatic heterocycles. The van der Waals surface area contributed by atoms with Gasteiger partial charge in [0.2, 0.25) is 0 Å². The number of aryl methyl sites for hydroxylation is 1. The number of benzene rings is 2. The maximum Gasteiger partial charge on any atom is 0.101 e. The molecule has 2 heterocycles. The Kier molecular flexibility index (Phi) is 7.60. The molecule has 0 aliphatic carbocycles. The van der Waals surface area contributed by atoms with Gasteiger partial charge >= 0.3 is 0 Å². The zero-order chi connectivity index (χ0) is 20.6. The fourth-order valence-corrected chi connectivity index (χ4v) is 5.17. The highest BCUT2D eigenvalue weighted by Gasteiger charge is 2.13. The smallest absolute Gasteiger partial charge is 0.101 e. The summed E-state index contributed by atoms with van der Waals surface area (Å²) in [5.74, 6) is 0. The lowest BCUT2D eigenvalue weighted by molar-refractivity contribution is 0.316. The SMILES string of the molecule is Cc1ccc(-c2ccc(CNCCCP3NCCCO3)nc2-c2ccccc2)cc1. The van der Waals surface area contributed by atoms with E-state index in [1.54, 1.807) is 0 Å². The maximum absolute atomic E-state index is 5.78. The second-order valence-corrected chi connectivity index (χ2v) is 9.44. The van der Waals surface area contributed by atoms with Gasteiger partial charge in [0.15, 0.2) is 0 Å². The minimum atomic E-state index is -0.416. The number of hydrogen-bond donors (Lipinski definition) is 2. The average Bonchev–Trinajstić information content (AvgIpc) is 2.81. The Morgan fingerprint density at radius 2 is 1.83 bits per heavy atom. The minimum absolute atomic E-state index is 0.416. The van der Waals surface area contributed by atoms with Crippen LogP contribution < -0.4 is 10.4 Å². The van der Waals surface area contributed by atoms with Crippen LogP contribution in [0.1, 0.15) is 24.1 Å². The third-order valence-electron chi connectivity index (χ3n) is 5.24. The molecule has 1 fully saturated rings. The van der Waals surface area contributed by atoms with E-state index in [1.165, 1.54) is 16.7 Å². The standard InChI is InChI=1S/C25H30N3OP/c1-20-9-11-21(12-10-20)24-14-13-23(28-25(24)22-7-3-2-4-8-22)19-26-15-6-18-30-27-16-5-17-29-30/h2-4,7-14,26-27H,5-6,15-19H2,1H3. The second kappa shape index (κ2) is 10.8. The largest absolute Gasteiger partial charge is 0.344 e. The summed E-state index contributed by atoms with van der Waals surface area (Å²) in [6.45, 7) is 5.88. The predicted molar refractivity (Wildman–Crippen MR) is 127 cm³/mol. The first-order chi connectivity index (χ1) is 14.8. The molecule has 1 aliphatic rings. The molecule has 2 aromatic carbocycles. The van der Waals surface area contributed by atoms with E-state index >= 15 is 0 Å². The molecule has 1 unspecified atom stereocenters. The van der Waals surface area contributed by atoms with Gasteiger partial charge in [-0.15, -0.1) is 0 Å². The van der Waals surface area contributed by atoms with Crippen molar-refractivity contribution in [2.75, 3.05) is 25.9 Å². The van der Waals surface area contributed by atoms with Gasteiger partial charge in [0.1, 0.15) is 8.30 Å². The van der Waals surface area contributed by atoms with Crippen LogP contribution in [0, 0.1) is 6.92 Å². The Labute approximate surface area is 181 Å². The lowest BCUT2D eigenvalue weighted by Gasteiger charge is -2.23. The summed E-state index contributed by atoms with van der Waals surface area (Å²) < 4.78 is 5.78. The Balaban J connectivity index is 1.43. The van der Waals surface area contributed by atoms with Crippen molar-refractivity contribution >= 4 is 8.30 Å². The predicted octanol–water partition coefficient (Wildman–Crippen LogP) is 5.53. The van der Waals surface area contributed by atoms with Gasteiger partial charge in [0.25, 0.3) is 0 Å². The summed E-state index contributed by atoms with van der Waals surface area (Å²) in [6, 6.07) is 23.5. The van der Waals surface area contributed by atoms with E-state index in [2.05, 4.69) is 78.0 Å². The molecule has 156 valence electrons. The summed E-state index contributed by atoms with van der Waals surface area (Å²) in [7, 11) is -0.416.